The van der Waals surface area contributed by atoms with Crippen molar-refractivity contribution in [3.05, 3.63) is 0 Å². The fourth-order valence-electron chi connectivity index (χ4n) is 1.28. The molecule has 0 unspecified atom stereocenters. The van der Waals surface area contributed by atoms with Crippen molar-refractivity contribution in [3.8, 4) is 12.0 Å². The Hall–Kier alpha value is -1.63. The zero-order valence-corrected chi connectivity index (χ0v) is 13.9. The summed E-state index contributed by atoms with van der Waals surface area (Å²) in [6.45, 7) is 9.91. The van der Waals surface area contributed by atoms with Gasteiger partial charge in [-0.15, -0.1) is 4.98 Å². The second kappa shape index (κ2) is 7.97. The lowest BCUT2D eigenvalue weighted by Gasteiger charge is -2.31. The van der Waals surface area contributed by atoms with E-state index in [0.717, 1.165) is 13.0 Å². The Morgan fingerprint density at radius 3 is 2.19 bits per heavy atom. The smallest absolute Gasteiger partial charge is 0.324 e. The number of hydrogen-bond acceptors (Lipinski definition) is 7. The molecule has 0 atom stereocenters. The summed E-state index contributed by atoms with van der Waals surface area (Å²) in [5.74, 6) is 0.480. The number of nitrogens with zero attached hydrogens (tertiary/aromatic N) is 4. The Morgan fingerprint density at radius 2 is 1.67 bits per heavy atom. The standard InChI is InChI=1S/C14H27N5O2/c1-7-9-15-11-16-12(20-8-2)18-13(17-11)21-10-14(3,4)19(5)6/h7-10H2,1-6H3,(H,15,16,17,18). The Bertz CT molecular complexity index is 437. The van der Waals surface area contributed by atoms with E-state index in [1.54, 1.807) is 0 Å². The zero-order valence-electron chi connectivity index (χ0n) is 13.9. The van der Waals surface area contributed by atoms with Crippen molar-refractivity contribution < 1.29 is 9.47 Å². The Kier molecular flexibility index (Phi) is 6.61. The van der Waals surface area contributed by atoms with Gasteiger partial charge in [-0.3, -0.25) is 0 Å². The maximum atomic E-state index is 5.72. The predicted molar refractivity (Wildman–Crippen MR) is 83.0 cm³/mol. The summed E-state index contributed by atoms with van der Waals surface area (Å²) in [6.07, 6.45) is 0.986. The van der Waals surface area contributed by atoms with Crippen molar-refractivity contribution in [2.24, 2.45) is 0 Å². The van der Waals surface area contributed by atoms with Gasteiger partial charge in [0.2, 0.25) is 5.95 Å². The van der Waals surface area contributed by atoms with E-state index < -0.39 is 0 Å². The second-order valence-electron chi connectivity index (χ2n) is 5.58. The minimum absolute atomic E-state index is 0.116. The third-order valence-corrected chi connectivity index (χ3v) is 3.17. The van der Waals surface area contributed by atoms with Gasteiger partial charge in [0, 0.05) is 12.1 Å². The molecule has 0 aromatic carbocycles. The number of anilines is 1. The summed E-state index contributed by atoms with van der Waals surface area (Å²) < 4.78 is 11.1. The van der Waals surface area contributed by atoms with Crippen LogP contribution in [0.2, 0.25) is 0 Å². The van der Waals surface area contributed by atoms with Crippen LogP contribution in [0.15, 0.2) is 0 Å². The molecule has 0 aliphatic heterocycles. The van der Waals surface area contributed by atoms with Crippen LogP contribution in [0.5, 0.6) is 12.0 Å². The van der Waals surface area contributed by atoms with Crippen molar-refractivity contribution in [1.82, 2.24) is 19.9 Å². The van der Waals surface area contributed by atoms with E-state index >= 15 is 0 Å². The molecule has 0 saturated carbocycles. The molecule has 7 heteroatoms. The molecule has 1 N–H and O–H groups in total. The number of aromatic nitrogens is 3. The van der Waals surface area contributed by atoms with Crippen LogP contribution in [0.3, 0.4) is 0 Å². The SMILES string of the molecule is CCCNc1nc(OCC)nc(OCC(C)(C)N(C)C)n1. The van der Waals surface area contributed by atoms with Gasteiger partial charge >= 0.3 is 12.0 Å². The second-order valence-corrected chi connectivity index (χ2v) is 5.58. The van der Waals surface area contributed by atoms with Crippen LogP contribution < -0.4 is 14.8 Å². The predicted octanol–water partition coefficient (Wildman–Crippen LogP) is 1.81. The average molecular weight is 297 g/mol. The number of hydrogen-bond donors (Lipinski definition) is 1. The first-order chi connectivity index (χ1) is 9.89. The number of nitrogens with one attached hydrogen (secondary N) is 1. The maximum Gasteiger partial charge on any atom is 0.324 e. The van der Waals surface area contributed by atoms with Crippen LogP contribution in [-0.2, 0) is 0 Å². The molecule has 0 saturated heterocycles. The highest BCUT2D eigenvalue weighted by Gasteiger charge is 2.22. The maximum absolute atomic E-state index is 5.72. The van der Waals surface area contributed by atoms with E-state index in [2.05, 4.69) is 45.9 Å². The number of rotatable bonds is 9. The van der Waals surface area contributed by atoms with E-state index in [-0.39, 0.29) is 17.6 Å². The fourth-order valence-corrected chi connectivity index (χ4v) is 1.28. The Morgan fingerprint density at radius 1 is 1.05 bits per heavy atom. The molecule has 0 radical (unpaired) electrons. The molecular formula is C14H27N5O2. The quantitative estimate of drug-likeness (QED) is 0.745. The molecule has 0 aliphatic carbocycles. The van der Waals surface area contributed by atoms with Gasteiger partial charge in [0.05, 0.1) is 6.61 Å². The molecule has 21 heavy (non-hydrogen) atoms. The van der Waals surface area contributed by atoms with Crippen molar-refractivity contribution in [3.63, 3.8) is 0 Å². The van der Waals surface area contributed by atoms with Gasteiger partial charge in [0.15, 0.2) is 0 Å². The van der Waals surface area contributed by atoms with E-state index in [4.69, 9.17) is 9.47 Å². The number of ether oxygens (including phenoxy) is 2. The Balaban J connectivity index is 2.82. The highest BCUT2D eigenvalue weighted by molar-refractivity contribution is 5.27. The van der Waals surface area contributed by atoms with Gasteiger partial charge in [-0.1, -0.05) is 6.92 Å². The van der Waals surface area contributed by atoms with Crippen molar-refractivity contribution in [2.75, 3.05) is 39.2 Å². The highest BCUT2D eigenvalue weighted by atomic mass is 16.5. The molecule has 0 fully saturated rings. The molecule has 0 bridgehead atoms. The van der Waals surface area contributed by atoms with E-state index in [9.17, 15) is 0 Å². The van der Waals surface area contributed by atoms with Gasteiger partial charge in [-0.05, 0) is 41.3 Å². The first-order valence-corrected chi connectivity index (χ1v) is 7.32. The van der Waals surface area contributed by atoms with Crippen LogP contribution in [0.1, 0.15) is 34.1 Å². The molecule has 1 rings (SSSR count). The van der Waals surface area contributed by atoms with Crippen LogP contribution in [0.4, 0.5) is 5.95 Å². The fraction of sp³-hybridized carbons (Fsp3) is 0.786. The normalized spacial score (nSPS) is 11.6. The number of likely N-dealkylation sites (N-methyl/N-ethyl adjacent to an activating group) is 1. The monoisotopic (exact) mass is 297 g/mol. The van der Waals surface area contributed by atoms with Crippen LogP contribution in [0.25, 0.3) is 0 Å². The third kappa shape index (κ3) is 5.71. The van der Waals surface area contributed by atoms with Gasteiger partial charge in [-0.2, -0.15) is 9.97 Å². The lowest BCUT2D eigenvalue weighted by molar-refractivity contribution is 0.107. The molecule has 0 spiro atoms. The highest BCUT2D eigenvalue weighted by Crippen LogP contribution is 2.16. The van der Waals surface area contributed by atoms with Gasteiger partial charge < -0.3 is 19.7 Å². The van der Waals surface area contributed by atoms with Crippen molar-refractivity contribution >= 4 is 5.95 Å². The van der Waals surface area contributed by atoms with Gasteiger partial charge in [-0.25, -0.2) is 0 Å². The zero-order chi connectivity index (χ0) is 15.9. The summed E-state index contributed by atoms with van der Waals surface area (Å²) in [5.41, 5.74) is -0.116. The third-order valence-electron chi connectivity index (χ3n) is 3.17. The molecule has 0 aliphatic rings. The Labute approximate surface area is 127 Å². The first-order valence-electron chi connectivity index (χ1n) is 7.32. The topological polar surface area (TPSA) is 72.4 Å². The van der Waals surface area contributed by atoms with E-state index in [1.807, 2.05) is 21.0 Å². The summed E-state index contributed by atoms with van der Waals surface area (Å²) >= 11 is 0. The van der Waals surface area contributed by atoms with Crippen molar-refractivity contribution in [2.45, 2.75) is 39.7 Å². The first kappa shape index (κ1) is 17.4. The summed E-state index contributed by atoms with van der Waals surface area (Å²) in [4.78, 5) is 14.7. The molecule has 0 amide bonds. The van der Waals surface area contributed by atoms with Crippen molar-refractivity contribution in [1.29, 1.82) is 0 Å². The molecule has 1 aromatic heterocycles. The molecule has 1 aromatic rings. The lowest BCUT2D eigenvalue weighted by atomic mass is 10.1. The molecule has 7 nitrogen and oxygen atoms in total. The summed E-state index contributed by atoms with van der Waals surface area (Å²) in [5, 5.41) is 3.12. The summed E-state index contributed by atoms with van der Waals surface area (Å²) in [7, 11) is 4.02. The van der Waals surface area contributed by atoms with Gasteiger partial charge in [0.1, 0.15) is 6.61 Å². The van der Waals surface area contributed by atoms with Crippen LogP contribution >= 0.6 is 0 Å². The molecule has 120 valence electrons. The lowest BCUT2D eigenvalue weighted by Crippen LogP contribution is -2.43. The molecular weight excluding hydrogens is 270 g/mol. The van der Waals surface area contributed by atoms with E-state index in [0.29, 0.717) is 19.2 Å². The van der Waals surface area contributed by atoms with Crippen LogP contribution in [-0.4, -0.2) is 59.2 Å². The average Bonchev–Trinajstić information content (AvgIpc) is 2.43. The van der Waals surface area contributed by atoms with E-state index in [1.165, 1.54) is 0 Å². The van der Waals surface area contributed by atoms with Crippen LogP contribution in [0, 0.1) is 0 Å². The molecule has 1 heterocycles. The largest absolute Gasteiger partial charge is 0.464 e. The minimum atomic E-state index is -0.116. The summed E-state index contributed by atoms with van der Waals surface area (Å²) in [6, 6.07) is 0.561. The minimum Gasteiger partial charge on any atom is -0.464 e. The van der Waals surface area contributed by atoms with Gasteiger partial charge in [0.25, 0.3) is 0 Å².